The van der Waals surface area contributed by atoms with E-state index in [9.17, 15) is 9.59 Å². The zero-order chi connectivity index (χ0) is 23.4. The molecule has 0 bridgehead atoms. The van der Waals surface area contributed by atoms with Crippen LogP contribution >= 0.6 is 0 Å². The summed E-state index contributed by atoms with van der Waals surface area (Å²) in [6.07, 6.45) is 3.93. The Morgan fingerprint density at radius 2 is 1.88 bits per heavy atom. The molecule has 8 nitrogen and oxygen atoms in total. The zero-order valence-corrected chi connectivity index (χ0v) is 18.6. The summed E-state index contributed by atoms with van der Waals surface area (Å²) < 4.78 is 13.2. The first kappa shape index (κ1) is 21.9. The molecule has 0 radical (unpaired) electrons. The highest BCUT2D eigenvalue weighted by Crippen LogP contribution is 2.28. The van der Waals surface area contributed by atoms with Crippen LogP contribution in [0.5, 0.6) is 11.5 Å². The Bertz CT molecular complexity index is 1330. The molecule has 33 heavy (non-hydrogen) atoms. The van der Waals surface area contributed by atoms with Crippen LogP contribution < -0.4 is 20.1 Å². The fourth-order valence-electron chi connectivity index (χ4n) is 3.39. The van der Waals surface area contributed by atoms with Gasteiger partial charge < -0.3 is 24.5 Å². The van der Waals surface area contributed by atoms with Gasteiger partial charge in [0.1, 0.15) is 23.8 Å². The molecule has 4 aromatic rings. The van der Waals surface area contributed by atoms with Crippen molar-refractivity contribution in [2.75, 3.05) is 17.7 Å². The average molecular weight is 444 g/mol. The number of hydrogen-bond donors (Lipinski definition) is 2. The summed E-state index contributed by atoms with van der Waals surface area (Å²) in [5, 5.41) is 5.52. The molecule has 0 aliphatic carbocycles. The van der Waals surface area contributed by atoms with Gasteiger partial charge in [-0.3, -0.25) is 9.59 Å². The van der Waals surface area contributed by atoms with Crippen LogP contribution in [0.4, 0.5) is 11.4 Å². The number of fused-ring (bicyclic) bond motifs is 1. The highest BCUT2D eigenvalue weighted by Gasteiger charge is 2.12. The number of aromatic nitrogens is 2. The number of amides is 2. The third-order valence-electron chi connectivity index (χ3n) is 4.90. The van der Waals surface area contributed by atoms with E-state index in [1.165, 1.54) is 14.0 Å². The Morgan fingerprint density at radius 1 is 1.03 bits per heavy atom. The molecule has 0 spiro atoms. The molecule has 0 saturated carbocycles. The maximum absolute atomic E-state index is 12.9. The molecule has 8 heteroatoms. The van der Waals surface area contributed by atoms with E-state index in [2.05, 4.69) is 15.6 Å². The first-order valence-electron chi connectivity index (χ1n) is 10.4. The topological polar surface area (TPSA) is 94.0 Å². The van der Waals surface area contributed by atoms with Crippen LogP contribution in [0, 0.1) is 6.92 Å². The predicted molar refractivity (Wildman–Crippen MR) is 126 cm³/mol. The number of carbonyl (C=O) groups is 2. The number of ether oxygens (including phenoxy) is 2. The van der Waals surface area contributed by atoms with E-state index < -0.39 is 0 Å². The average Bonchev–Trinajstić information content (AvgIpc) is 3.20. The Hall–Kier alpha value is -4.33. The van der Waals surface area contributed by atoms with Crippen LogP contribution in [0.15, 0.2) is 67.0 Å². The quantitative estimate of drug-likeness (QED) is 0.440. The smallest absolute Gasteiger partial charge is 0.255 e. The lowest BCUT2D eigenvalue weighted by atomic mass is 10.2. The van der Waals surface area contributed by atoms with E-state index in [4.69, 9.17) is 9.47 Å². The number of pyridine rings is 1. The van der Waals surface area contributed by atoms with Gasteiger partial charge in [0, 0.05) is 30.6 Å². The molecule has 2 amide bonds. The Labute approximate surface area is 191 Å². The zero-order valence-electron chi connectivity index (χ0n) is 18.6. The molecule has 2 heterocycles. The highest BCUT2D eigenvalue weighted by molar-refractivity contribution is 6.05. The second-order valence-corrected chi connectivity index (χ2v) is 7.57. The van der Waals surface area contributed by atoms with Crippen LogP contribution in [0.1, 0.15) is 28.5 Å². The molecule has 168 valence electrons. The van der Waals surface area contributed by atoms with Gasteiger partial charge in [0.05, 0.1) is 18.5 Å². The van der Waals surface area contributed by atoms with Gasteiger partial charge in [-0.15, -0.1) is 0 Å². The summed E-state index contributed by atoms with van der Waals surface area (Å²) in [4.78, 5) is 28.8. The van der Waals surface area contributed by atoms with Gasteiger partial charge >= 0.3 is 0 Å². The number of carbonyl (C=O) groups excluding carboxylic acids is 2. The summed E-state index contributed by atoms with van der Waals surface area (Å²) in [5.74, 6) is 0.492. The number of nitrogens with zero attached hydrogens (tertiary/aromatic N) is 2. The number of benzene rings is 2. The Balaban J connectivity index is 1.46. The van der Waals surface area contributed by atoms with Crippen LogP contribution in [-0.2, 0) is 11.4 Å². The molecule has 2 aromatic carbocycles. The molecule has 0 unspecified atom stereocenters. The van der Waals surface area contributed by atoms with E-state index in [1.807, 2.05) is 35.9 Å². The Morgan fingerprint density at radius 3 is 2.67 bits per heavy atom. The van der Waals surface area contributed by atoms with Crippen molar-refractivity contribution in [2.24, 2.45) is 0 Å². The van der Waals surface area contributed by atoms with Gasteiger partial charge in [-0.1, -0.05) is 12.1 Å². The molecule has 0 atom stereocenters. The van der Waals surface area contributed by atoms with Crippen molar-refractivity contribution in [1.29, 1.82) is 0 Å². The minimum Gasteiger partial charge on any atom is -0.495 e. The largest absolute Gasteiger partial charge is 0.495 e. The van der Waals surface area contributed by atoms with Gasteiger partial charge in [0.2, 0.25) is 5.91 Å². The van der Waals surface area contributed by atoms with Crippen LogP contribution in [0.3, 0.4) is 0 Å². The van der Waals surface area contributed by atoms with E-state index >= 15 is 0 Å². The van der Waals surface area contributed by atoms with Gasteiger partial charge in [0.25, 0.3) is 5.91 Å². The standard InChI is InChI=1S/C25H24N4O4/c1-16-7-10-24-27-20(14-29(24)13-16)15-33-21-6-4-5-18(11-21)25(31)28-22-12-19(26-17(2)30)8-9-23(22)32-3/h4-14H,15H2,1-3H3,(H,26,30)(H,28,31). The van der Waals surface area contributed by atoms with Crippen molar-refractivity contribution in [3.05, 3.63) is 83.8 Å². The third kappa shape index (κ3) is 5.30. The van der Waals surface area contributed by atoms with E-state index in [-0.39, 0.29) is 18.4 Å². The number of anilines is 2. The van der Waals surface area contributed by atoms with Crippen LogP contribution in [0.25, 0.3) is 5.65 Å². The molecule has 2 aromatic heterocycles. The molecule has 0 saturated heterocycles. The minimum atomic E-state index is -0.332. The molecule has 0 fully saturated rings. The van der Waals surface area contributed by atoms with Gasteiger partial charge in [-0.2, -0.15) is 0 Å². The lowest BCUT2D eigenvalue weighted by Crippen LogP contribution is -2.13. The molecule has 4 rings (SSSR count). The number of methoxy groups -OCH3 is 1. The van der Waals surface area contributed by atoms with E-state index in [0.29, 0.717) is 28.4 Å². The Kier molecular flexibility index (Phi) is 6.26. The summed E-state index contributed by atoms with van der Waals surface area (Å²) in [6.45, 7) is 3.72. The highest BCUT2D eigenvalue weighted by atomic mass is 16.5. The lowest BCUT2D eigenvalue weighted by Gasteiger charge is -2.13. The van der Waals surface area contributed by atoms with Crippen molar-refractivity contribution in [1.82, 2.24) is 9.38 Å². The van der Waals surface area contributed by atoms with Crippen molar-refractivity contribution in [3.8, 4) is 11.5 Å². The monoisotopic (exact) mass is 444 g/mol. The van der Waals surface area contributed by atoms with Gasteiger partial charge in [-0.05, 0) is 55.0 Å². The second-order valence-electron chi connectivity index (χ2n) is 7.57. The van der Waals surface area contributed by atoms with Crippen molar-refractivity contribution < 1.29 is 19.1 Å². The summed E-state index contributed by atoms with van der Waals surface area (Å²) >= 11 is 0. The van der Waals surface area contributed by atoms with E-state index in [0.717, 1.165) is 16.9 Å². The summed E-state index contributed by atoms with van der Waals surface area (Å²) in [5.41, 5.74) is 4.20. The maximum Gasteiger partial charge on any atom is 0.255 e. The van der Waals surface area contributed by atoms with Crippen molar-refractivity contribution in [3.63, 3.8) is 0 Å². The molecule has 2 N–H and O–H groups in total. The van der Waals surface area contributed by atoms with Gasteiger partial charge in [0.15, 0.2) is 0 Å². The fourth-order valence-corrected chi connectivity index (χ4v) is 3.39. The SMILES string of the molecule is COc1ccc(NC(C)=O)cc1NC(=O)c1cccc(OCc2cn3cc(C)ccc3n2)c1. The molecular weight excluding hydrogens is 420 g/mol. The summed E-state index contributed by atoms with van der Waals surface area (Å²) in [7, 11) is 1.51. The number of imidazole rings is 1. The third-order valence-corrected chi connectivity index (χ3v) is 4.90. The minimum absolute atomic E-state index is 0.206. The lowest BCUT2D eigenvalue weighted by molar-refractivity contribution is -0.114. The first-order valence-corrected chi connectivity index (χ1v) is 10.4. The van der Waals surface area contributed by atoms with Crippen LogP contribution in [-0.4, -0.2) is 28.3 Å². The van der Waals surface area contributed by atoms with Gasteiger partial charge in [-0.25, -0.2) is 4.98 Å². The molecular formula is C25H24N4O4. The predicted octanol–water partition coefficient (Wildman–Crippen LogP) is 4.44. The number of nitrogens with one attached hydrogen (secondary N) is 2. The van der Waals surface area contributed by atoms with Crippen molar-refractivity contribution >= 4 is 28.8 Å². The molecule has 0 aliphatic heterocycles. The second kappa shape index (κ2) is 9.44. The molecule has 0 aliphatic rings. The number of hydrogen-bond acceptors (Lipinski definition) is 5. The summed E-state index contributed by atoms with van der Waals surface area (Å²) in [6, 6.07) is 15.9. The number of aryl methyl sites for hydroxylation is 1. The normalized spacial score (nSPS) is 10.6. The van der Waals surface area contributed by atoms with E-state index in [1.54, 1.807) is 42.5 Å². The number of rotatable bonds is 7. The first-order chi connectivity index (χ1) is 15.9. The maximum atomic E-state index is 12.9. The van der Waals surface area contributed by atoms with Crippen LogP contribution in [0.2, 0.25) is 0 Å². The fraction of sp³-hybridized carbons (Fsp3) is 0.160. The van der Waals surface area contributed by atoms with Crippen molar-refractivity contribution in [2.45, 2.75) is 20.5 Å².